The highest BCUT2D eigenvalue weighted by Gasteiger charge is 2.13. The fraction of sp³-hybridized carbons (Fsp3) is 0. The van der Waals surface area contributed by atoms with Crippen molar-refractivity contribution >= 4 is 33.4 Å². The van der Waals surface area contributed by atoms with Crippen LogP contribution in [0.15, 0.2) is 116 Å². The van der Waals surface area contributed by atoms with E-state index in [-0.39, 0.29) is 0 Å². The molecule has 2 aromatic heterocycles. The molecule has 0 atom stereocenters. The molecule has 5 heteroatoms. The van der Waals surface area contributed by atoms with Crippen molar-refractivity contribution in [3.63, 3.8) is 0 Å². The molecular formula is C30H19IN4. The van der Waals surface area contributed by atoms with Crippen molar-refractivity contribution < 1.29 is 0 Å². The highest BCUT2D eigenvalue weighted by molar-refractivity contribution is 14.1. The van der Waals surface area contributed by atoms with Gasteiger partial charge in [0.2, 0.25) is 0 Å². The molecule has 4 aromatic carbocycles. The molecule has 166 valence electrons. The van der Waals surface area contributed by atoms with Gasteiger partial charge >= 0.3 is 0 Å². The van der Waals surface area contributed by atoms with Crippen molar-refractivity contribution in [2.24, 2.45) is 0 Å². The minimum Gasteiger partial charge on any atom is -0.265 e. The van der Waals surface area contributed by atoms with Gasteiger partial charge in [0.1, 0.15) is 0 Å². The largest absolute Gasteiger partial charge is 0.265 e. The molecule has 2 heterocycles. The van der Waals surface area contributed by atoms with Crippen molar-refractivity contribution in [2.45, 2.75) is 0 Å². The number of hydrogen-bond donors (Lipinski definition) is 0. The molecule has 6 aromatic rings. The van der Waals surface area contributed by atoms with Crippen LogP contribution in [0.25, 0.3) is 56.1 Å². The van der Waals surface area contributed by atoms with Gasteiger partial charge < -0.3 is 0 Å². The van der Waals surface area contributed by atoms with E-state index in [9.17, 15) is 0 Å². The Morgan fingerprint density at radius 2 is 1.09 bits per heavy atom. The summed E-state index contributed by atoms with van der Waals surface area (Å²) in [7, 11) is 0. The zero-order valence-corrected chi connectivity index (χ0v) is 20.8. The van der Waals surface area contributed by atoms with Crippen LogP contribution in [-0.2, 0) is 0 Å². The number of hydrogen-bond acceptors (Lipinski definition) is 4. The molecule has 0 radical (unpaired) electrons. The van der Waals surface area contributed by atoms with Crippen LogP contribution in [0.5, 0.6) is 0 Å². The Hall–Kier alpha value is -3.97. The quantitative estimate of drug-likeness (QED) is 0.207. The molecule has 4 nitrogen and oxygen atoms in total. The first kappa shape index (κ1) is 21.6. The Labute approximate surface area is 216 Å². The topological polar surface area (TPSA) is 51.6 Å². The highest BCUT2D eigenvalue weighted by atomic mass is 127. The van der Waals surface area contributed by atoms with Gasteiger partial charge in [0.25, 0.3) is 0 Å². The van der Waals surface area contributed by atoms with E-state index in [4.69, 9.17) is 15.0 Å². The second-order valence-corrected chi connectivity index (χ2v) is 9.41. The minimum absolute atomic E-state index is 0.626. The lowest BCUT2D eigenvalue weighted by molar-refractivity contribution is 1.07. The Morgan fingerprint density at radius 1 is 0.486 bits per heavy atom. The van der Waals surface area contributed by atoms with Gasteiger partial charge in [-0.3, -0.25) is 4.98 Å². The molecule has 0 fully saturated rings. The Balaban J connectivity index is 1.53. The predicted molar refractivity (Wildman–Crippen MR) is 150 cm³/mol. The molecular weight excluding hydrogens is 543 g/mol. The molecule has 0 bridgehead atoms. The van der Waals surface area contributed by atoms with Gasteiger partial charge in [0.05, 0.1) is 0 Å². The minimum atomic E-state index is 0.626. The van der Waals surface area contributed by atoms with Gasteiger partial charge in [0.15, 0.2) is 17.5 Å². The summed E-state index contributed by atoms with van der Waals surface area (Å²) in [6, 6.07) is 35.2. The van der Waals surface area contributed by atoms with E-state index in [1.54, 1.807) is 12.4 Å². The summed E-state index contributed by atoms with van der Waals surface area (Å²) < 4.78 is 1.20. The fourth-order valence-corrected chi connectivity index (χ4v) is 4.84. The molecule has 0 unspecified atom stereocenters. The molecule has 0 N–H and O–H groups in total. The second-order valence-electron chi connectivity index (χ2n) is 8.16. The first-order chi connectivity index (χ1) is 17.2. The third kappa shape index (κ3) is 4.42. The molecule has 0 aliphatic heterocycles. The van der Waals surface area contributed by atoms with Crippen LogP contribution in [0, 0.1) is 3.57 Å². The third-order valence-corrected chi connectivity index (χ3v) is 6.49. The maximum absolute atomic E-state index is 4.87. The SMILES string of the molecule is Ic1cc(-c2cccc(-c3nc(-c4ccccc4)nc(-c4ccncc4)n3)c2)c2ccccc2c1. The van der Waals surface area contributed by atoms with Crippen molar-refractivity contribution in [3.05, 3.63) is 119 Å². The molecule has 0 amide bonds. The van der Waals surface area contributed by atoms with E-state index in [0.29, 0.717) is 17.5 Å². The normalized spacial score (nSPS) is 11.0. The first-order valence-corrected chi connectivity index (χ1v) is 12.3. The van der Waals surface area contributed by atoms with E-state index in [1.165, 1.54) is 19.9 Å². The number of fused-ring (bicyclic) bond motifs is 1. The lowest BCUT2D eigenvalue weighted by atomic mass is 9.97. The third-order valence-electron chi connectivity index (χ3n) is 5.86. The summed E-state index contributed by atoms with van der Waals surface area (Å²) in [5, 5.41) is 2.45. The number of rotatable bonds is 4. The Bertz CT molecular complexity index is 1590. The van der Waals surface area contributed by atoms with Crippen LogP contribution in [0.4, 0.5) is 0 Å². The van der Waals surface area contributed by atoms with Crippen molar-refractivity contribution in [1.29, 1.82) is 0 Å². The van der Waals surface area contributed by atoms with E-state index in [2.05, 4.69) is 88.2 Å². The van der Waals surface area contributed by atoms with Crippen LogP contribution in [-0.4, -0.2) is 19.9 Å². The Kier molecular flexibility index (Phi) is 5.76. The average Bonchev–Trinajstić information content (AvgIpc) is 2.93. The van der Waals surface area contributed by atoms with Crippen LogP contribution in [0.1, 0.15) is 0 Å². The van der Waals surface area contributed by atoms with Crippen LogP contribution >= 0.6 is 22.6 Å². The van der Waals surface area contributed by atoms with Gasteiger partial charge in [-0.1, -0.05) is 72.8 Å². The van der Waals surface area contributed by atoms with Crippen LogP contribution < -0.4 is 0 Å². The van der Waals surface area contributed by atoms with Gasteiger partial charge in [-0.2, -0.15) is 0 Å². The van der Waals surface area contributed by atoms with Crippen LogP contribution in [0.2, 0.25) is 0 Å². The summed E-state index contributed by atoms with van der Waals surface area (Å²) in [4.78, 5) is 18.7. The number of pyridine rings is 1. The lowest BCUT2D eigenvalue weighted by Crippen LogP contribution is -2.00. The Morgan fingerprint density at radius 3 is 1.86 bits per heavy atom. The monoisotopic (exact) mass is 562 g/mol. The molecule has 0 aliphatic rings. The number of aromatic nitrogens is 4. The summed E-state index contributed by atoms with van der Waals surface area (Å²) in [6.45, 7) is 0. The van der Waals surface area contributed by atoms with E-state index < -0.39 is 0 Å². The average molecular weight is 562 g/mol. The molecule has 0 saturated carbocycles. The van der Waals surface area contributed by atoms with Gasteiger partial charge in [-0.15, -0.1) is 0 Å². The van der Waals surface area contributed by atoms with Crippen molar-refractivity contribution in [2.75, 3.05) is 0 Å². The summed E-state index contributed by atoms with van der Waals surface area (Å²) in [5.74, 6) is 1.91. The molecule has 0 spiro atoms. The standard InChI is InChI=1S/C30H19IN4/c31-25-18-23-9-4-5-12-26(23)27(19-25)22-10-6-11-24(17-22)30-34-28(20-7-2-1-3-8-20)33-29(35-30)21-13-15-32-16-14-21/h1-19H. The molecule has 35 heavy (non-hydrogen) atoms. The molecule has 0 aliphatic carbocycles. The van der Waals surface area contributed by atoms with E-state index >= 15 is 0 Å². The molecule has 0 saturated heterocycles. The van der Waals surface area contributed by atoms with Gasteiger partial charge in [-0.05, 0) is 74.8 Å². The first-order valence-electron chi connectivity index (χ1n) is 11.3. The molecule has 6 rings (SSSR count). The fourth-order valence-electron chi connectivity index (χ4n) is 4.19. The lowest BCUT2D eigenvalue weighted by Gasteiger charge is -2.11. The van der Waals surface area contributed by atoms with Crippen molar-refractivity contribution in [1.82, 2.24) is 19.9 Å². The van der Waals surface area contributed by atoms with Gasteiger partial charge in [-0.25, -0.2) is 15.0 Å². The smallest absolute Gasteiger partial charge is 0.164 e. The zero-order chi connectivity index (χ0) is 23.6. The van der Waals surface area contributed by atoms with E-state index in [0.717, 1.165) is 22.3 Å². The van der Waals surface area contributed by atoms with E-state index in [1.807, 2.05) is 42.5 Å². The number of nitrogens with zero attached hydrogens (tertiary/aromatic N) is 4. The summed E-state index contributed by atoms with van der Waals surface area (Å²) in [6.07, 6.45) is 3.51. The summed E-state index contributed by atoms with van der Waals surface area (Å²) in [5.41, 5.74) is 5.12. The maximum atomic E-state index is 4.87. The maximum Gasteiger partial charge on any atom is 0.164 e. The van der Waals surface area contributed by atoms with Crippen LogP contribution in [0.3, 0.4) is 0 Å². The van der Waals surface area contributed by atoms with Crippen molar-refractivity contribution in [3.8, 4) is 45.3 Å². The second kappa shape index (κ2) is 9.35. The zero-order valence-electron chi connectivity index (χ0n) is 18.6. The van der Waals surface area contributed by atoms with Gasteiger partial charge in [0, 0.05) is 32.7 Å². The number of benzene rings is 4. The highest BCUT2D eigenvalue weighted by Crippen LogP contribution is 2.33. The predicted octanol–water partition coefficient (Wildman–Crippen LogP) is 7.69. The summed E-state index contributed by atoms with van der Waals surface area (Å²) >= 11 is 2.38. The number of halogens is 1.